The van der Waals surface area contributed by atoms with Gasteiger partial charge < -0.3 is 19.9 Å². The molecule has 2 unspecified atom stereocenters. The highest BCUT2D eigenvalue weighted by Gasteiger charge is 2.33. The number of carbonyl (C=O) groups excluding carboxylic acids is 1. The number of likely N-dealkylation sites (tertiary alicyclic amines) is 1. The highest BCUT2D eigenvalue weighted by molar-refractivity contribution is 5.86. The third kappa shape index (κ3) is 3.38. The number of nitrogens with one attached hydrogen (secondary N) is 2. The monoisotopic (exact) mass is 341 g/mol. The van der Waals surface area contributed by atoms with Crippen molar-refractivity contribution in [2.24, 2.45) is 5.92 Å². The van der Waals surface area contributed by atoms with E-state index in [9.17, 15) is 4.79 Å². The minimum absolute atomic E-state index is 0.0700. The number of H-pyrrole nitrogens is 1. The summed E-state index contributed by atoms with van der Waals surface area (Å²) in [5, 5.41) is 4.39. The van der Waals surface area contributed by atoms with Gasteiger partial charge in [0.15, 0.2) is 0 Å². The number of nitrogens with zero attached hydrogens (tertiary/aromatic N) is 1. The third-order valence-corrected chi connectivity index (χ3v) is 5.67. The lowest BCUT2D eigenvalue weighted by atomic mass is 9.89. The number of amides is 2. The zero-order valence-electron chi connectivity index (χ0n) is 14.9. The summed E-state index contributed by atoms with van der Waals surface area (Å²) in [6, 6.07) is 6.37. The second-order valence-electron chi connectivity index (χ2n) is 7.34. The van der Waals surface area contributed by atoms with Gasteiger partial charge in [0.2, 0.25) is 0 Å². The van der Waals surface area contributed by atoms with Crippen LogP contribution in [0.2, 0.25) is 0 Å². The summed E-state index contributed by atoms with van der Waals surface area (Å²) in [6.07, 6.45) is 6.56. The van der Waals surface area contributed by atoms with E-state index >= 15 is 0 Å². The van der Waals surface area contributed by atoms with E-state index in [0.29, 0.717) is 18.6 Å². The van der Waals surface area contributed by atoms with E-state index in [4.69, 9.17) is 4.74 Å². The number of benzene rings is 1. The molecule has 0 radical (unpaired) electrons. The first kappa shape index (κ1) is 16.5. The first-order chi connectivity index (χ1) is 12.2. The molecular weight excluding hydrogens is 314 g/mol. The maximum Gasteiger partial charge on any atom is 0.317 e. The minimum Gasteiger partial charge on any atom is -0.378 e. The van der Waals surface area contributed by atoms with Crippen LogP contribution in [-0.2, 0) is 11.2 Å². The van der Waals surface area contributed by atoms with Crippen molar-refractivity contribution in [2.45, 2.75) is 38.7 Å². The number of hydrogen-bond donors (Lipinski definition) is 2. The molecule has 2 N–H and O–H groups in total. The molecule has 0 spiro atoms. The molecule has 0 bridgehead atoms. The molecule has 1 aromatic heterocycles. The van der Waals surface area contributed by atoms with Gasteiger partial charge in [-0.1, -0.05) is 12.1 Å². The third-order valence-electron chi connectivity index (χ3n) is 5.67. The van der Waals surface area contributed by atoms with Crippen LogP contribution in [0.1, 0.15) is 30.4 Å². The number of piperidine rings is 1. The molecule has 0 saturated carbocycles. The number of carbonyl (C=O) groups is 1. The molecule has 25 heavy (non-hydrogen) atoms. The molecule has 1 aromatic carbocycles. The number of fused-ring (bicyclic) bond motifs is 2. The Morgan fingerprint density at radius 1 is 1.40 bits per heavy atom. The van der Waals surface area contributed by atoms with Crippen molar-refractivity contribution >= 4 is 16.9 Å². The lowest BCUT2D eigenvalue weighted by Gasteiger charge is -2.40. The van der Waals surface area contributed by atoms with E-state index in [1.165, 1.54) is 28.5 Å². The van der Waals surface area contributed by atoms with Gasteiger partial charge in [0.1, 0.15) is 0 Å². The highest BCUT2D eigenvalue weighted by Crippen LogP contribution is 2.28. The van der Waals surface area contributed by atoms with Crippen molar-refractivity contribution < 1.29 is 9.53 Å². The molecule has 2 atom stereocenters. The standard InChI is InChI=1S/C20H27N3O2/c1-14-4-2-6-17-19(14)15(12-22-17)7-9-21-20(24)23-10-8-18-16(13-23)5-3-11-25-18/h2,4,6,12,16,18,22H,3,5,7-11,13H2,1H3,(H,21,24). The fraction of sp³-hybridized carbons (Fsp3) is 0.550. The lowest BCUT2D eigenvalue weighted by molar-refractivity contribution is -0.0586. The highest BCUT2D eigenvalue weighted by atomic mass is 16.5. The van der Waals surface area contributed by atoms with Crippen LogP contribution in [0, 0.1) is 12.8 Å². The van der Waals surface area contributed by atoms with E-state index in [2.05, 4.69) is 41.6 Å². The normalized spacial score (nSPS) is 23.5. The van der Waals surface area contributed by atoms with Gasteiger partial charge in [0.25, 0.3) is 0 Å². The molecule has 2 saturated heterocycles. The van der Waals surface area contributed by atoms with Crippen molar-refractivity contribution in [1.82, 2.24) is 15.2 Å². The molecular formula is C20H27N3O2. The van der Waals surface area contributed by atoms with E-state index in [-0.39, 0.29) is 6.03 Å². The molecule has 2 aliphatic heterocycles. The molecule has 3 heterocycles. The zero-order valence-corrected chi connectivity index (χ0v) is 14.9. The first-order valence-electron chi connectivity index (χ1n) is 9.42. The van der Waals surface area contributed by atoms with Crippen molar-refractivity contribution in [3.8, 4) is 0 Å². The van der Waals surface area contributed by atoms with Gasteiger partial charge in [-0.2, -0.15) is 0 Å². The lowest BCUT2D eigenvalue weighted by Crippen LogP contribution is -2.51. The molecule has 5 heteroatoms. The molecule has 2 fully saturated rings. The van der Waals surface area contributed by atoms with Crippen LogP contribution in [-0.4, -0.2) is 48.3 Å². The Kier molecular flexibility index (Phi) is 4.66. The van der Waals surface area contributed by atoms with Crippen molar-refractivity contribution in [2.75, 3.05) is 26.2 Å². The van der Waals surface area contributed by atoms with Crippen LogP contribution in [0.3, 0.4) is 0 Å². The smallest absolute Gasteiger partial charge is 0.317 e. The maximum atomic E-state index is 12.5. The SMILES string of the molecule is Cc1cccc2[nH]cc(CCNC(=O)N3CCC4OCCCC4C3)c12. The predicted octanol–water partition coefficient (Wildman–Crippen LogP) is 3.23. The van der Waals surface area contributed by atoms with E-state index in [1.807, 2.05) is 4.90 Å². The molecule has 2 aromatic rings. The number of rotatable bonds is 3. The predicted molar refractivity (Wildman–Crippen MR) is 98.8 cm³/mol. The summed E-state index contributed by atoms with van der Waals surface area (Å²) in [4.78, 5) is 17.8. The van der Waals surface area contributed by atoms with Crippen molar-refractivity contribution in [3.63, 3.8) is 0 Å². The van der Waals surface area contributed by atoms with E-state index < -0.39 is 0 Å². The summed E-state index contributed by atoms with van der Waals surface area (Å²) in [7, 11) is 0. The largest absolute Gasteiger partial charge is 0.378 e. The minimum atomic E-state index is 0.0700. The van der Waals surface area contributed by atoms with E-state index in [0.717, 1.165) is 39.0 Å². The fourth-order valence-electron chi connectivity index (χ4n) is 4.34. The average Bonchev–Trinajstić information content (AvgIpc) is 3.06. The second kappa shape index (κ2) is 7.08. The van der Waals surface area contributed by atoms with Crippen LogP contribution in [0.5, 0.6) is 0 Å². The van der Waals surface area contributed by atoms with Gasteiger partial charge in [0, 0.05) is 49.3 Å². The van der Waals surface area contributed by atoms with Crippen LogP contribution in [0.4, 0.5) is 4.79 Å². The Bertz CT molecular complexity index is 754. The van der Waals surface area contributed by atoms with Crippen LogP contribution in [0.15, 0.2) is 24.4 Å². The van der Waals surface area contributed by atoms with Gasteiger partial charge in [-0.25, -0.2) is 4.79 Å². The molecule has 134 valence electrons. The summed E-state index contributed by atoms with van der Waals surface area (Å²) < 4.78 is 5.83. The van der Waals surface area contributed by atoms with Crippen LogP contribution < -0.4 is 5.32 Å². The first-order valence-corrected chi connectivity index (χ1v) is 9.42. The fourth-order valence-corrected chi connectivity index (χ4v) is 4.34. The molecule has 2 aliphatic rings. The maximum absolute atomic E-state index is 12.5. The van der Waals surface area contributed by atoms with Crippen LogP contribution >= 0.6 is 0 Å². The van der Waals surface area contributed by atoms with Gasteiger partial charge in [-0.05, 0) is 49.8 Å². The summed E-state index contributed by atoms with van der Waals surface area (Å²) in [5.74, 6) is 0.518. The Morgan fingerprint density at radius 2 is 2.32 bits per heavy atom. The molecule has 2 amide bonds. The number of aromatic nitrogens is 1. The number of aryl methyl sites for hydroxylation is 1. The molecule has 4 rings (SSSR count). The van der Waals surface area contributed by atoms with Crippen LogP contribution in [0.25, 0.3) is 10.9 Å². The Morgan fingerprint density at radius 3 is 3.24 bits per heavy atom. The zero-order chi connectivity index (χ0) is 17.2. The van der Waals surface area contributed by atoms with E-state index in [1.54, 1.807) is 0 Å². The Balaban J connectivity index is 1.31. The Hall–Kier alpha value is -2.01. The van der Waals surface area contributed by atoms with Gasteiger partial charge in [-0.3, -0.25) is 0 Å². The molecule has 5 nitrogen and oxygen atoms in total. The number of urea groups is 1. The van der Waals surface area contributed by atoms with Gasteiger partial charge >= 0.3 is 6.03 Å². The Labute approximate surface area is 148 Å². The second-order valence-corrected chi connectivity index (χ2v) is 7.34. The summed E-state index contributed by atoms with van der Waals surface area (Å²) in [6.45, 7) is 5.33. The molecule has 0 aliphatic carbocycles. The topological polar surface area (TPSA) is 57.4 Å². The number of hydrogen-bond acceptors (Lipinski definition) is 2. The average molecular weight is 341 g/mol. The van der Waals surface area contributed by atoms with Gasteiger partial charge in [0.05, 0.1) is 6.10 Å². The summed E-state index contributed by atoms with van der Waals surface area (Å²) in [5.41, 5.74) is 3.72. The quantitative estimate of drug-likeness (QED) is 0.900. The summed E-state index contributed by atoms with van der Waals surface area (Å²) >= 11 is 0. The van der Waals surface area contributed by atoms with Crippen molar-refractivity contribution in [3.05, 3.63) is 35.5 Å². The number of aromatic amines is 1. The van der Waals surface area contributed by atoms with Gasteiger partial charge in [-0.15, -0.1) is 0 Å². The van der Waals surface area contributed by atoms with Crippen molar-refractivity contribution in [1.29, 1.82) is 0 Å². The number of ether oxygens (including phenoxy) is 1.